The minimum Gasteiger partial charge on any atom is -0.501 e. The molecule has 0 aromatic heterocycles. The van der Waals surface area contributed by atoms with Crippen LogP contribution in [0.15, 0.2) is 47.5 Å². The Morgan fingerprint density at radius 3 is 2.37 bits per heavy atom. The van der Waals surface area contributed by atoms with Gasteiger partial charge in [0.2, 0.25) is 0 Å². The lowest BCUT2D eigenvalue weighted by Gasteiger charge is -2.41. The normalized spacial score (nSPS) is 25.3. The third-order valence-corrected chi connectivity index (χ3v) is 8.55. The second-order valence-corrected chi connectivity index (χ2v) is 10.8. The maximum Gasteiger partial charge on any atom is 0.137 e. The zero-order valence-electron chi connectivity index (χ0n) is 22.9. The van der Waals surface area contributed by atoms with E-state index in [2.05, 4.69) is 32.9 Å². The molecule has 5 heteroatoms. The summed E-state index contributed by atoms with van der Waals surface area (Å²) >= 11 is 0. The molecule has 0 unspecified atom stereocenters. The second-order valence-electron chi connectivity index (χ2n) is 10.8. The van der Waals surface area contributed by atoms with E-state index in [9.17, 15) is 4.79 Å². The topological polar surface area (TPSA) is 54.0 Å². The fourth-order valence-corrected chi connectivity index (χ4v) is 6.08. The molecule has 0 spiro atoms. The van der Waals surface area contributed by atoms with Crippen LogP contribution < -0.4 is 9.47 Å². The number of allylic oxidation sites excluding steroid dienone is 5. The fourth-order valence-electron chi connectivity index (χ4n) is 6.08. The summed E-state index contributed by atoms with van der Waals surface area (Å²) in [6, 6.07) is 3.97. The molecule has 0 N–H and O–H groups in total. The van der Waals surface area contributed by atoms with Gasteiger partial charge in [-0.25, -0.2) is 0 Å². The highest BCUT2D eigenvalue weighted by molar-refractivity contribution is 5.81. The van der Waals surface area contributed by atoms with Crippen molar-refractivity contribution in [2.75, 3.05) is 28.4 Å². The maximum absolute atomic E-state index is 13.2. The number of ether oxygens (including phenoxy) is 4. The summed E-state index contributed by atoms with van der Waals surface area (Å²) in [5.41, 5.74) is 2.95. The molecule has 1 aromatic rings. The molecule has 1 saturated carbocycles. The van der Waals surface area contributed by atoms with Crippen LogP contribution in [0.5, 0.6) is 11.5 Å². The zero-order chi connectivity index (χ0) is 26.0. The third-order valence-electron chi connectivity index (χ3n) is 8.55. The summed E-state index contributed by atoms with van der Waals surface area (Å²) in [4.78, 5) is 13.2. The van der Waals surface area contributed by atoms with Crippen LogP contribution in [0.25, 0.3) is 0 Å². The van der Waals surface area contributed by atoms with Crippen LogP contribution in [0, 0.1) is 29.6 Å². The first-order chi connectivity index (χ1) is 16.5. The summed E-state index contributed by atoms with van der Waals surface area (Å²) in [5.74, 6) is 4.19. The Morgan fingerprint density at radius 2 is 1.77 bits per heavy atom. The van der Waals surface area contributed by atoms with Gasteiger partial charge in [0.15, 0.2) is 0 Å². The largest absolute Gasteiger partial charge is 0.501 e. The first-order valence-corrected chi connectivity index (χ1v) is 12.4. The lowest BCUT2D eigenvalue weighted by Crippen LogP contribution is -2.36. The first-order valence-electron chi connectivity index (χ1n) is 12.4. The Balaban J connectivity index is 1.74. The molecule has 2 aliphatic rings. The summed E-state index contributed by atoms with van der Waals surface area (Å²) < 4.78 is 22.5. The van der Waals surface area contributed by atoms with E-state index < -0.39 is 0 Å². The Labute approximate surface area is 211 Å². The average molecular weight is 483 g/mol. The van der Waals surface area contributed by atoms with Crippen LogP contribution in [0.1, 0.15) is 58.1 Å². The molecule has 0 amide bonds. The second kappa shape index (κ2) is 10.5. The number of carbonyl (C=O) groups is 1. The molecule has 3 rings (SSSR count). The van der Waals surface area contributed by atoms with E-state index in [0.717, 1.165) is 46.1 Å². The van der Waals surface area contributed by atoms with Crippen LogP contribution in [-0.4, -0.2) is 34.2 Å². The molecule has 1 fully saturated rings. The number of carbonyl (C=O) groups excluding carboxylic acids is 1. The van der Waals surface area contributed by atoms with Crippen molar-refractivity contribution >= 4 is 5.78 Å². The van der Waals surface area contributed by atoms with Gasteiger partial charge in [-0.2, -0.15) is 0 Å². The molecular formula is C30H42O5. The van der Waals surface area contributed by atoms with E-state index in [1.165, 1.54) is 0 Å². The molecule has 0 aliphatic heterocycles. The Kier molecular flexibility index (Phi) is 8.08. The van der Waals surface area contributed by atoms with E-state index in [1.54, 1.807) is 28.4 Å². The molecule has 35 heavy (non-hydrogen) atoms. The molecule has 3 atom stereocenters. The van der Waals surface area contributed by atoms with E-state index in [0.29, 0.717) is 19.3 Å². The molecule has 1 aromatic carbocycles. The molecule has 192 valence electrons. The third kappa shape index (κ3) is 5.14. The van der Waals surface area contributed by atoms with Crippen LogP contribution in [0.4, 0.5) is 0 Å². The number of ketones is 1. The van der Waals surface area contributed by atoms with Crippen LogP contribution in [0.2, 0.25) is 0 Å². The summed E-state index contributed by atoms with van der Waals surface area (Å²) in [6.45, 7) is 10.9. The van der Waals surface area contributed by atoms with Crippen LogP contribution in [0.3, 0.4) is 0 Å². The molecule has 0 heterocycles. The summed E-state index contributed by atoms with van der Waals surface area (Å²) in [6.07, 6.45) is 9.00. The van der Waals surface area contributed by atoms with Crippen molar-refractivity contribution in [1.29, 1.82) is 0 Å². The van der Waals surface area contributed by atoms with E-state index in [1.807, 2.05) is 32.1 Å². The number of hydrogen-bond acceptors (Lipinski definition) is 5. The predicted molar refractivity (Wildman–Crippen MR) is 140 cm³/mol. The van der Waals surface area contributed by atoms with Crippen molar-refractivity contribution in [3.63, 3.8) is 0 Å². The number of hydrogen-bond donors (Lipinski definition) is 0. The van der Waals surface area contributed by atoms with Gasteiger partial charge < -0.3 is 18.9 Å². The number of benzene rings is 1. The molecule has 2 bridgehead atoms. The van der Waals surface area contributed by atoms with E-state index in [-0.39, 0.29) is 28.4 Å². The Bertz CT molecular complexity index is 1050. The van der Waals surface area contributed by atoms with Crippen molar-refractivity contribution in [1.82, 2.24) is 0 Å². The van der Waals surface area contributed by atoms with E-state index in [4.69, 9.17) is 18.9 Å². The molecule has 2 aliphatic carbocycles. The van der Waals surface area contributed by atoms with Crippen molar-refractivity contribution in [3.8, 4) is 11.5 Å². The minimum atomic E-state index is -0.168. The Morgan fingerprint density at radius 1 is 1.06 bits per heavy atom. The van der Waals surface area contributed by atoms with Gasteiger partial charge in [-0.1, -0.05) is 32.4 Å². The number of fused-ring (bicyclic) bond motifs is 2. The fraction of sp³-hybridized carbons (Fsp3) is 0.567. The smallest absolute Gasteiger partial charge is 0.137 e. The van der Waals surface area contributed by atoms with Crippen molar-refractivity contribution in [2.45, 2.75) is 60.3 Å². The van der Waals surface area contributed by atoms with Crippen LogP contribution >= 0.6 is 0 Å². The highest BCUT2D eigenvalue weighted by Gasteiger charge is 2.58. The van der Waals surface area contributed by atoms with Crippen molar-refractivity contribution < 1.29 is 23.7 Å². The zero-order valence-corrected chi connectivity index (χ0v) is 22.9. The summed E-state index contributed by atoms with van der Waals surface area (Å²) in [5, 5.41) is 0. The van der Waals surface area contributed by atoms with Crippen molar-refractivity contribution in [3.05, 3.63) is 58.6 Å². The van der Waals surface area contributed by atoms with E-state index >= 15 is 0 Å². The molecule has 0 radical (unpaired) electrons. The van der Waals surface area contributed by atoms with Crippen LogP contribution in [-0.2, 0) is 20.7 Å². The monoisotopic (exact) mass is 482 g/mol. The van der Waals surface area contributed by atoms with Gasteiger partial charge in [0.1, 0.15) is 28.8 Å². The standard InChI is InChI=1S/C30H42O5/c1-19(10-11-21-14-24(32-6)13-20(2)28(21)35-9)12-23(31)15-22-16-26-27(34-8)17-25(33-7)18-30(22,5)29(26,3)4/h10,13-14,17-18,22,26H,11-12,15-16H2,1-9H3/b19-10+/t22-,26+,30+/m1/s1. The number of aryl methyl sites for hydroxylation is 1. The van der Waals surface area contributed by atoms with Gasteiger partial charge >= 0.3 is 0 Å². The minimum absolute atomic E-state index is 0.0499. The SMILES string of the molecule is COC1=C[C@@]2(C)[C@H](CC(=O)C/C(C)=C/Cc3cc(OC)cc(C)c3OC)C[C@@H](C(OC)=C1)C2(C)C. The van der Waals surface area contributed by atoms with Gasteiger partial charge in [0.25, 0.3) is 0 Å². The van der Waals surface area contributed by atoms with Gasteiger partial charge in [-0.15, -0.1) is 0 Å². The predicted octanol–water partition coefficient (Wildman–Crippen LogP) is 6.59. The molecular weight excluding hydrogens is 440 g/mol. The van der Waals surface area contributed by atoms with Gasteiger partial charge in [-0.05, 0) is 67.2 Å². The highest BCUT2D eigenvalue weighted by Crippen LogP contribution is 2.64. The lowest BCUT2D eigenvalue weighted by atomic mass is 9.62. The Hall–Kier alpha value is -2.69. The van der Waals surface area contributed by atoms with Gasteiger partial charge in [-0.3, -0.25) is 4.79 Å². The number of rotatable bonds is 10. The number of methoxy groups -OCH3 is 4. The van der Waals surface area contributed by atoms with Gasteiger partial charge in [0.05, 0.1) is 28.4 Å². The highest BCUT2D eigenvalue weighted by atomic mass is 16.5. The maximum atomic E-state index is 13.2. The quantitative estimate of drug-likeness (QED) is 0.352. The average Bonchev–Trinajstić information content (AvgIpc) is 2.94. The summed E-state index contributed by atoms with van der Waals surface area (Å²) in [7, 11) is 6.78. The molecule has 5 nitrogen and oxygen atoms in total. The lowest BCUT2D eigenvalue weighted by molar-refractivity contribution is -0.120. The van der Waals surface area contributed by atoms with Gasteiger partial charge in [0, 0.05) is 30.4 Å². The first kappa shape index (κ1) is 26.9. The molecule has 0 saturated heterocycles. The number of Topliss-reactive ketones (excluding diaryl/α,β-unsaturated/α-hetero) is 1. The van der Waals surface area contributed by atoms with Crippen molar-refractivity contribution in [2.24, 2.45) is 22.7 Å².